The lowest BCUT2D eigenvalue weighted by atomic mass is 9.76. The van der Waals surface area contributed by atoms with Crippen LogP contribution in [-0.4, -0.2) is 194 Å². The standard InChI is InChI=1S/C61H114N4O15/c1-13-15-28-69-41-58(31-65-30-42(65)3)80-61(68)64-57-26-20-54(21-27-57)29-53-18-24-55(25-19-53)62-59(66)78-39-50(11)76-37-48(9)74-35-46(7)72-33-44(5)70-32-43(4)71-34-45(6)73-36-47(8)75-38-49(10)77-40-51(12)79-60(67)63-56-22-16-52(14-2)17-23-56/h42-58H,13-41H2,1-12H3,(H,62,66)(H,63,67)(H,64,68). The van der Waals surface area contributed by atoms with E-state index in [-0.39, 0.29) is 98.0 Å². The molecule has 19 heteroatoms. The van der Waals surface area contributed by atoms with Gasteiger partial charge in [0.15, 0.2) is 0 Å². The van der Waals surface area contributed by atoms with Crippen LogP contribution in [0.15, 0.2) is 0 Å². The number of carbonyl (C=O) groups is 3. The van der Waals surface area contributed by atoms with Crippen LogP contribution in [0.3, 0.4) is 0 Å². The van der Waals surface area contributed by atoms with Crippen molar-refractivity contribution in [3.63, 3.8) is 0 Å². The van der Waals surface area contributed by atoms with Crippen LogP contribution in [0.2, 0.25) is 0 Å². The van der Waals surface area contributed by atoms with Gasteiger partial charge in [-0.25, -0.2) is 14.4 Å². The molecule has 4 rings (SSSR count). The normalized spacial score (nSPS) is 27.0. The Labute approximate surface area is 483 Å². The van der Waals surface area contributed by atoms with Gasteiger partial charge in [0.25, 0.3) is 0 Å². The molecule has 1 heterocycles. The molecule has 0 aromatic rings. The van der Waals surface area contributed by atoms with Crippen LogP contribution >= 0.6 is 0 Å². The second-order valence-electron chi connectivity index (χ2n) is 24.5. The number of nitrogens with zero attached hydrogens (tertiary/aromatic N) is 1. The molecule has 0 bridgehead atoms. The quantitative estimate of drug-likeness (QED) is 0.0296. The monoisotopic (exact) mass is 1140 g/mol. The average molecular weight is 1140 g/mol. The highest BCUT2D eigenvalue weighted by atomic mass is 16.6. The zero-order valence-electron chi connectivity index (χ0n) is 51.9. The van der Waals surface area contributed by atoms with Crippen LogP contribution in [0.4, 0.5) is 14.4 Å². The number of ether oxygens (including phenoxy) is 12. The van der Waals surface area contributed by atoms with Crippen molar-refractivity contribution in [2.45, 2.75) is 271 Å². The first-order valence-corrected chi connectivity index (χ1v) is 31.5. The second kappa shape index (κ2) is 39.9. The van der Waals surface area contributed by atoms with Gasteiger partial charge >= 0.3 is 18.3 Å². The Balaban J connectivity index is 0.921. The van der Waals surface area contributed by atoms with E-state index in [2.05, 4.69) is 41.6 Å². The maximum Gasteiger partial charge on any atom is 0.407 e. The predicted octanol–water partition coefficient (Wildman–Crippen LogP) is 10.2. The lowest BCUT2D eigenvalue weighted by Crippen LogP contribution is -2.42. The van der Waals surface area contributed by atoms with E-state index in [0.717, 1.165) is 109 Å². The molecule has 3 amide bonds. The van der Waals surface area contributed by atoms with Crippen molar-refractivity contribution in [3.8, 4) is 0 Å². The maximum atomic E-state index is 12.8. The van der Waals surface area contributed by atoms with Gasteiger partial charge in [0.2, 0.25) is 0 Å². The number of hydrogen-bond donors (Lipinski definition) is 3. The molecule has 3 saturated carbocycles. The van der Waals surface area contributed by atoms with E-state index in [1.807, 2.05) is 62.3 Å². The van der Waals surface area contributed by atoms with Gasteiger partial charge in [0, 0.05) is 43.9 Å². The molecule has 4 fully saturated rings. The SMILES string of the molecule is CCCCOCC(CN1CC1C)OC(=O)NC1CCC(CC2CCC(NC(=O)OCC(C)OCC(C)OCC(C)OCC(C)OCC(C)OCC(C)OCC(C)OCC(C)OCC(C)OC(=O)NC3CCC(CC)CC3)CC2)CC1. The van der Waals surface area contributed by atoms with E-state index < -0.39 is 6.09 Å². The van der Waals surface area contributed by atoms with Gasteiger partial charge in [-0.2, -0.15) is 0 Å². The summed E-state index contributed by atoms with van der Waals surface area (Å²) in [5.74, 6) is 2.12. The summed E-state index contributed by atoms with van der Waals surface area (Å²) in [6.45, 7) is 30.3. The molecule has 4 aliphatic rings. The van der Waals surface area contributed by atoms with E-state index >= 15 is 0 Å². The molecule has 468 valence electrons. The van der Waals surface area contributed by atoms with Crippen LogP contribution in [0.25, 0.3) is 0 Å². The van der Waals surface area contributed by atoms with Gasteiger partial charge in [-0.05, 0) is 177 Å². The largest absolute Gasteiger partial charge is 0.447 e. The highest BCUT2D eigenvalue weighted by Gasteiger charge is 2.34. The summed E-state index contributed by atoms with van der Waals surface area (Å²) in [5.41, 5.74) is 0. The highest BCUT2D eigenvalue weighted by Crippen LogP contribution is 2.36. The van der Waals surface area contributed by atoms with Gasteiger partial charge in [-0.15, -0.1) is 0 Å². The van der Waals surface area contributed by atoms with Gasteiger partial charge in [-0.1, -0.05) is 26.7 Å². The molecule has 12 unspecified atom stereocenters. The van der Waals surface area contributed by atoms with E-state index in [9.17, 15) is 14.4 Å². The van der Waals surface area contributed by atoms with Gasteiger partial charge in [0.05, 0.1) is 108 Å². The van der Waals surface area contributed by atoms with Crippen molar-refractivity contribution in [3.05, 3.63) is 0 Å². The molecule has 1 saturated heterocycles. The number of amides is 3. The zero-order valence-corrected chi connectivity index (χ0v) is 51.9. The molecular formula is C61H114N4O15. The molecule has 3 N–H and O–H groups in total. The van der Waals surface area contributed by atoms with Crippen LogP contribution in [-0.2, 0) is 56.8 Å². The molecule has 80 heavy (non-hydrogen) atoms. The third-order valence-corrected chi connectivity index (χ3v) is 16.1. The molecule has 3 aliphatic carbocycles. The minimum Gasteiger partial charge on any atom is -0.447 e. The van der Waals surface area contributed by atoms with Crippen molar-refractivity contribution in [1.82, 2.24) is 20.9 Å². The fourth-order valence-corrected chi connectivity index (χ4v) is 10.6. The topological polar surface area (TPSA) is 201 Å². The summed E-state index contributed by atoms with van der Waals surface area (Å²) < 4.78 is 70.5. The van der Waals surface area contributed by atoms with Gasteiger partial charge < -0.3 is 72.8 Å². The molecule has 0 aromatic heterocycles. The Kier molecular flexibility index (Phi) is 34.8. The molecule has 0 spiro atoms. The fourth-order valence-electron chi connectivity index (χ4n) is 10.6. The number of carbonyl (C=O) groups excluding carboxylic acids is 3. The third-order valence-electron chi connectivity index (χ3n) is 16.1. The Morgan fingerprint density at radius 1 is 0.438 bits per heavy atom. The van der Waals surface area contributed by atoms with E-state index in [1.54, 1.807) is 0 Å². The summed E-state index contributed by atoms with van der Waals surface area (Å²) in [6, 6.07) is 1.04. The van der Waals surface area contributed by atoms with Crippen LogP contribution in [0.1, 0.15) is 186 Å². The number of rotatable bonds is 41. The Morgan fingerprint density at radius 3 is 1.14 bits per heavy atom. The number of unbranched alkanes of at least 4 members (excludes halogenated alkanes) is 1. The molecule has 0 aromatic carbocycles. The average Bonchev–Trinajstić information content (AvgIpc) is 4.16. The van der Waals surface area contributed by atoms with Crippen LogP contribution in [0, 0.1) is 17.8 Å². The summed E-state index contributed by atoms with van der Waals surface area (Å²) in [7, 11) is 0. The predicted molar refractivity (Wildman–Crippen MR) is 309 cm³/mol. The molecule has 0 radical (unpaired) electrons. The fraction of sp³-hybridized carbons (Fsp3) is 0.951. The second-order valence-corrected chi connectivity index (χ2v) is 24.5. The minimum absolute atomic E-state index is 0.124. The molecule has 1 aliphatic heterocycles. The Bertz CT molecular complexity index is 1630. The van der Waals surface area contributed by atoms with Crippen molar-refractivity contribution in [1.29, 1.82) is 0 Å². The lowest BCUT2D eigenvalue weighted by Gasteiger charge is -2.34. The van der Waals surface area contributed by atoms with E-state index in [1.165, 1.54) is 12.8 Å². The number of hydrogen-bond acceptors (Lipinski definition) is 16. The first-order valence-electron chi connectivity index (χ1n) is 31.5. The minimum atomic E-state index is -0.392. The molecular weight excluding hydrogens is 1030 g/mol. The number of nitrogens with one attached hydrogen (secondary N) is 3. The highest BCUT2D eigenvalue weighted by molar-refractivity contribution is 5.68. The lowest BCUT2D eigenvalue weighted by molar-refractivity contribution is -0.110. The van der Waals surface area contributed by atoms with Crippen LogP contribution < -0.4 is 16.0 Å². The third kappa shape index (κ3) is 31.9. The number of alkyl carbamates (subject to hydrolysis) is 3. The first kappa shape index (κ1) is 69.9. The van der Waals surface area contributed by atoms with Crippen molar-refractivity contribution in [2.24, 2.45) is 17.8 Å². The summed E-state index contributed by atoms with van der Waals surface area (Å²) in [4.78, 5) is 40.2. The summed E-state index contributed by atoms with van der Waals surface area (Å²) >= 11 is 0. The smallest absolute Gasteiger partial charge is 0.407 e. The van der Waals surface area contributed by atoms with Crippen LogP contribution in [0.5, 0.6) is 0 Å². The van der Waals surface area contributed by atoms with Crippen molar-refractivity contribution < 1.29 is 71.2 Å². The summed E-state index contributed by atoms with van der Waals surface area (Å²) in [5, 5.41) is 9.25. The van der Waals surface area contributed by atoms with Gasteiger partial charge in [0.1, 0.15) is 18.8 Å². The molecule has 12 atom stereocenters. The Morgan fingerprint density at radius 2 is 0.775 bits per heavy atom. The van der Waals surface area contributed by atoms with E-state index in [0.29, 0.717) is 83.9 Å². The maximum absolute atomic E-state index is 12.8. The molecule has 19 nitrogen and oxygen atoms in total. The van der Waals surface area contributed by atoms with Crippen molar-refractivity contribution in [2.75, 3.05) is 85.8 Å². The zero-order chi connectivity index (χ0) is 58.2. The Hall–Kier alpha value is -2.59. The first-order chi connectivity index (χ1) is 38.3. The summed E-state index contributed by atoms with van der Waals surface area (Å²) in [6.07, 6.45) is 14.3. The van der Waals surface area contributed by atoms with E-state index in [4.69, 9.17) is 56.8 Å². The van der Waals surface area contributed by atoms with Gasteiger partial charge in [-0.3, -0.25) is 4.90 Å². The van der Waals surface area contributed by atoms with Crippen molar-refractivity contribution >= 4 is 18.3 Å².